The minimum Gasteiger partial charge on any atom is -0.468 e. The molecule has 4 rings (SSSR count). The lowest BCUT2D eigenvalue weighted by molar-refractivity contribution is -0.141. The first-order chi connectivity index (χ1) is 12.7. The van der Waals surface area contributed by atoms with Gasteiger partial charge in [0.05, 0.1) is 24.2 Å². The molecule has 1 aliphatic rings. The van der Waals surface area contributed by atoms with Crippen molar-refractivity contribution in [1.82, 2.24) is 9.97 Å². The second-order valence-corrected chi connectivity index (χ2v) is 7.05. The lowest BCUT2D eigenvalue weighted by Crippen LogP contribution is -2.32. The maximum absolute atomic E-state index is 12.1. The van der Waals surface area contributed by atoms with Gasteiger partial charge in [-0.05, 0) is 35.6 Å². The number of fused-ring (bicyclic) bond motifs is 2. The van der Waals surface area contributed by atoms with Gasteiger partial charge < -0.3 is 9.64 Å². The number of benzene rings is 1. The summed E-state index contributed by atoms with van der Waals surface area (Å²) in [4.78, 5) is 25.0. The molecule has 0 amide bonds. The van der Waals surface area contributed by atoms with Gasteiger partial charge in [0.1, 0.15) is 5.69 Å². The molecular weight excluding hydrogens is 348 g/mol. The van der Waals surface area contributed by atoms with Crippen LogP contribution in [0.5, 0.6) is 0 Å². The number of methoxy groups -OCH3 is 1. The first-order valence-electron chi connectivity index (χ1n) is 8.25. The van der Waals surface area contributed by atoms with Crippen molar-refractivity contribution in [2.75, 3.05) is 18.6 Å². The highest BCUT2D eigenvalue weighted by Crippen LogP contribution is 2.32. The third-order valence-electron chi connectivity index (χ3n) is 4.52. The van der Waals surface area contributed by atoms with Crippen LogP contribution in [-0.4, -0.2) is 29.6 Å². The minimum atomic E-state index is -1.10. The summed E-state index contributed by atoms with van der Waals surface area (Å²) in [6.45, 7) is 1.46. The number of aromatic nitrogens is 2. The summed E-state index contributed by atoms with van der Waals surface area (Å²) in [6, 6.07) is 11.6. The standard InChI is InChI=1S/C19H16N4O2S/c1-25-19(24)13(10-20)17-18(22-15-5-3-2-4-14(15)21-17)23-8-6-16-12(11-23)7-9-26-16/h2-5,7,9,13H,6,8,11H2,1H3/t13-/m0/s1. The number of carbonyl (C=O) groups excluding carboxylic acids is 1. The SMILES string of the molecule is COC(=O)[C@@H](C#N)c1nc2ccccc2nc1N1CCc2sccc2C1. The van der Waals surface area contributed by atoms with Gasteiger partial charge in [-0.15, -0.1) is 11.3 Å². The van der Waals surface area contributed by atoms with Gasteiger partial charge >= 0.3 is 5.97 Å². The van der Waals surface area contributed by atoms with Crippen LogP contribution in [0.2, 0.25) is 0 Å². The van der Waals surface area contributed by atoms with Crippen LogP contribution in [0.15, 0.2) is 35.7 Å². The third-order valence-corrected chi connectivity index (χ3v) is 5.55. The molecule has 7 heteroatoms. The first kappa shape index (κ1) is 16.5. The summed E-state index contributed by atoms with van der Waals surface area (Å²) in [5.74, 6) is -1.14. The number of hydrogen-bond donors (Lipinski definition) is 0. The van der Waals surface area contributed by atoms with E-state index in [0.717, 1.165) is 18.5 Å². The number of hydrogen-bond acceptors (Lipinski definition) is 7. The number of anilines is 1. The van der Waals surface area contributed by atoms with Gasteiger partial charge in [-0.3, -0.25) is 4.79 Å². The van der Waals surface area contributed by atoms with Gasteiger partial charge in [0.15, 0.2) is 11.7 Å². The van der Waals surface area contributed by atoms with Gasteiger partial charge in [-0.2, -0.15) is 5.26 Å². The predicted octanol–water partition coefficient (Wildman–Crippen LogP) is 3.03. The molecule has 0 N–H and O–H groups in total. The fourth-order valence-electron chi connectivity index (χ4n) is 3.20. The van der Waals surface area contributed by atoms with E-state index in [1.165, 1.54) is 17.6 Å². The zero-order valence-electron chi connectivity index (χ0n) is 14.2. The molecule has 1 aliphatic heterocycles. The molecule has 2 aromatic heterocycles. The largest absolute Gasteiger partial charge is 0.468 e. The maximum Gasteiger partial charge on any atom is 0.329 e. The second-order valence-electron chi connectivity index (χ2n) is 6.05. The van der Waals surface area contributed by atoms with Crippen molar-refractivity contribution in [3.63, 3.8) is 0 Å². The molecule has 0 bridgehead atoms. The van der Waals surface area contributed by atoms with Crippen LogP contribution in [0.4, 0.5) is 5.82 Å². The number of nitrogens with zero attached hydrogens (tertiary/aromatic N) is 4. The minimum absolute atomic E-state index is 0.358. The molecule has 3 aromatic rings. The van der Waals surface area contributed by atoms with Crippen LogP contribution in [0, 0.1) is 11.3 Å². The van der Waals surface area contributed by atoms with Gasteiger partial charge in [0, 0.05) is 18.0 Å². The molecule has 0 saturated heterocycles. The Morgan fingerprint density at radius 2 is 2.08 bits per heavy atom. The van der Waals surface area contributed by atoms with E-state index < -0.39 is 11.9 Å². The highest BCUT2D eigenvalue weighted by Gasteiger charge is 2.30. The molecule has 0 radical (unpaired) electrons. The summed E-state index contributed by atoms with van der Waals surface area (Å²) in [5.41, 5.74) is 3.01. The van der Waals surface area contributed by atoms with Crippen molar-refractivity contribution in [3.05, 3.63) is 51.8 Å². The molecule has 0 unspecified atom stereocenters. The Balaban J connectivity index is 1.85. The Morgan fingerprint density at radius 3 is 2.81 bits per heavy atom. The van der Waals surface area contributed by atoms with Gasteiger partial charge in [-0.1, -0.05) is 12.1 Å². The summed E-state index contributed by atoms with van der Waals surface area (Å²) < 4.78 is 4.81. The number of para-hydroxylation sites is 2. The zero-order chi connectivity index (χ0) is 18.1. The molecular formula is C19H16N4O2S. The Hall–Kier alpha value is -2.98. The maximum atomic E-state index is 12.1. The summed E-state index contributed by atoms with van der Waals surface area (Å²) in [7, 11) is 1.28. The molecule has 130 valence electrons. The van der Waals surface area contributed by atoms with Crippen LogP contribution < -0.4 is 4.90 Å². The van der Waals surface area contributed by atoms with Crippen molar-refractivity contribution in [3.8, 4) is 6.07 Å². The Labute approximate surface area is 154 Å². The molecule has 0 fully saturated rings. The highest BCUT2D eigenvalue weighted by molar-refractivity contribution is 7.10. The van der Waals surface area contributed by atoms with Gasteiger partial charge in [-0.25, -0.2) is 9.97 Å². The number of nitriles is 1. The molecule has 26 heavy (non-hydrogen) atoms. The third kappa shape index (κ3) is 2.78. The van der Waals surface area contributed by atoms with Crippen LogP contribution in [-0.2, 0) is 22.5 Å². The molecule has 1 aromatic carbocycles. The molecule has 1 atom stereocenters. The van der Waals surface area contributed by atoms with E-state index >= 15 is 0 Å². The van der Waals surface area contributed by atoms with Crippen molar-refractivity contribution in [1.29, 1.82) is 5.26 Å². The summed E-state index contributed by atoms with van der Waals surface area (Å²) in [5, 5.41) is 11.7. The van der Waals surface area contributed by atoms with E-state index in [1.54, 1.807) is 11.3 Å². The van der Waals surface area contributed by atoms with Crippen molar-refractivity contribution in [2.45, 2.75) is 18.9 Å². The van der Waals surface area contributed by atoms with Gasteiger partial charge in [0.2, 0.25) is 0 Å². The van der Waals surface area contributed by atoms with E-state index in [1.807, 2.05) is 30.3 Å². The van der Waals surface area contributed by atoms with Crippen molar-refractivity contribution < 1.29 is 9.53 Å². The fourth-order valence-corrected chi connectivity index (χ4v) is 4.09. The van der Waals surface area contributed by atoms with Crippen LogP contribution >= 0.6 is 11.3 Å². The summed E-state index contributed by atoms with van der Waals surface area (Å²) in [6.07, 6.45) is 0.913. The van der Waals surface area contributed by atoms with E-state index in [2.05, 4.69) is 21.3 Å². The Kier molecular flexibility index (Phi) is 4.27. The van der Waals surface area contributed by atoms with Crippen molar-refractivity contribution in [2.24, 2.45) is 0 Å². The monoisotopic (exact) mass is 364 g/mol. The van der Waals surface area contributed by atoms with E-state index in [4.69, 9.17) is 9.72 Å². The topological polar surface area (TPSA) is 79.1 Å². The molecule has 0 aliphatic carbocycles. The predicted molar refractivity (Wildman–Crippen MR) is 99.0 cm³/mol. The average Bonchev–Trinajstić information content (AvgIpc) is 3.15. The molecule has 6 nitrogen and oxygen atoms in total. The Bertz CT molecular complexity index is 1020. The lowest BCUT2D eigenvalue weighted by atomic mass is 10.0. The van der Waals surface area contributed by atoms with Crippen molar-refractivity contribution >= 4 is 34.2 Å². The van der Waals surface area contributed by atoms with E-state index in [9.17, 15) is 10.1 Å². The molecule has 3 heterocycles. The smallest absolute Gasteiger partial charge is 0.329 e. The van der Waals surface area contributed by atoms with Crippen LogP contribution in [0.3, 0.4) is 0 Å². The van der Waals surface area contributed by atoms with Crippen LogP contribution in [0.1, 0.15) is 22.1 Å². The highest BCUT2D eigenvalue weighted by atomic mass is 32.1. The Morgan fingerprint density at radius 1 is 1.31 bits per heavy atom. The zero-order valence-corrected chi connectivity index (χ0v) is 15.0. The summed E-state index contributed by atoms with van der Waals surface area (Å²) >= 11 is 1.76. The van der Waals surface area contributed by atoms with Crippen LogP contribution in [0.25, 0.3) is 11.0 Å². The number of carbonyl (C=O) groups is 1. The second kappa shape index (κ2) is 6.73. The number of ether oxygens (including phenoxy) is 1. The van der Waals surface area contributed by atoms with E-state index in [0.29, 0.717) is 23.6 Å². The molecule has 0 spiro atoms. The fraction of sp³-hybridized carbons (Fsp3) is 0.263. The number of thiophene rings is 1. The number of esters is 1. The van der Waals surface area contributed by atoms with E-state index in [-0.39, 0.29) is 0 Å². The first-order valence-corrected chi connectivity index (χ1v) is 9.13. The number of rotatable bonds is 3. The normalized spacial score (nSPS) is 14.5. The average molecular weight is 364 g/mol. The lowest BCUT2D eigenvalue weighted by Gasteiger charge is -2.30. The van der Waals surface area contributed by atoms with Gasteiger partial charge in [0.25, 0.3) is 0 Å². The quantitative estimate of drug-likeness (QED) is 0.665. The molecule has 0 saturated carbocycles.